The number of carbonyl (C=O) groups is 1. The summed E-state index contributed by atoms with van der Waals surface area (Å²) in [6, 6.07) is 12.0. The number of carbonyl (C=O) groups excluding carboxylic acids is 1. The molecule has 0 aliphatic heterocycles. The Bertz CT molecular complexity index is 655. The van der Waals surface area contributed by atoms with E-state index in [0.717, 1.165) is 11.1 Å². The molecule has 0 aromatic heterocycles. The molecule has 0 heterocycles. The number of aromatic hydroxyl groups is 1. The lowest BCUT2D eigenvalue weighted by molar-refractivity contribution is 0.0636. The Hall–Kier alpha value is -2.20. The number of rotatable bonds is 2. The molecule has 1 amide bonds. The number of hydrogen-bond acceptors (Lipinski definition) is 3. The smallest absolute Gasteiger partial charge is 0.412 e. The summed E-state index contributed by atoms with van der Waals surface area (Å²) >= 11 is 5.93. The van der Waals surface area contributed by atoms with E-state index in [4.69, 9.17) is 16.3 Å². The monoisotopic (exact) mass is 319 g/mol. The first kappa shape index (κ1) is 16.2. The Balaban J connectivity index is 2.12. The molecule has 0 saturated heterocycles. The van der Waals surface area contributed by atoms with Gasteiger partial charge in [0, 0.05) is 10.7 Å². The third kappa shape index (κ3) is 4.67. The normalized spacial score (nSPS) is 11.1. The van der Waals surface area contributed by atoms with Crippen LogP contribution < -0.4 is 5.32 Å². The second kappa shape index (κ2) is 6.28. The van der Waals surface area contributed by atoms with Gasteiger partial charge in [-0.05, 0) is 62.2 Å². The molecule has 0 saturated carbocycles. The summed E-state index contributed by atoms with van der Waals surface area (Å²) in [6.45, 7) is 5.42. The molecular weight excluding hydrogens is 302 g/mol. The Labute approximate surface area is 134 Å². The Morgan fingerprint density at radius 3 is 2.27 bits per heavy atom. The van der Waals surface area contributed by atoms with Crippen molar-refractivity contribution < 1.29 is 14.6 Å². The van der Waals surface area contributed by atoms with Gasteiger partial charge in [-0.1, -0.05) is 23.7 Å². The van der Waals surface area contributed by atoms with Crippen LogP contribution in [0.2, 0.25) is 5.02 Å². The summed E-state index contributed by atoms with van der Waals surface area (Å²) in [5.41, 5.74) is 1.77. The Morgan fingerprint density at radius 1 is 1.09 bits per heavy atom. The number of nitrogens with one attached hydrogen (secondary N) is 1. The molecule has 22 heavy (non-hydrogen) atoms. The van der Waals surface area contributed by atoms with Crippen LogP contribution in [0.3, 0.4) is 0 Å². The maximum Gasteiger partial charge on any atom is 0.412 e. The molecule has 0 unspecified atom stereocenters. The number of halogens is 1. The van der Waals surface area contributed by atoms with E-state index >= 15 is 0 Å². The lowest BCUT2D eigenvalue weighted by atomic mass is 10.1. The minimum atomic E-state index is -0.539. The summed E-state index contributed by atoms with van der Waals surface area (Å²) in [5, 5.41) is 12.7. The topological polar surface area (TPSA) is 58.6 Å². The van der Waals surface area contributed by atoms with Crippen molar-refractivity contribution in [3.05, 3.63) is 47.5 Å². The molecule has 4 nitrogen and oxygen atoms in total. The fourth-order valence-corrected chi connectivity index (χ4v) is 2.14. The highest BCUT2D eigenvalue weighted by Crippen LogP contribution is 2.28. The highest BCUT2D eigenvalue weighted by molar-refractivity contribution is 6.31. The molecule has 0 aliphatic rings. The highest BCUT2D eigenvalue weighted by atomic mass is 35.5. The van der Waals surface area contributed by atoms with Crippen molar-refractivity contribution in [2.75, 3.05) is 5.32 Å². The van der Waals surface area contributed by atoms with Gasteiger partial charge in [-0.3, -0.25) is 5.32 Å². The molecule has 116 valence electrons. The molecule has 0 radical (unpaired) electrons. The first-order valence-corrected chi connectivity index (χ1v) is 7.21. The molecule has 0 atom stereocenters. The Morgan fingerprint density at radius 2 is 1.73 bits per heavy atom. The number of anilines is 1. The van der Waals surface area contributed by atoms with Gasteiger partial charge in [0.15, 0.2) is 0 Å². The van der Waals surface area contributed by atoms with Gasteiger partial charge in [0.05, 0.1) is 0 Å². The van der Waals surface area contributed by atoms with E-state index in [-0.39, 0.29) is 5.75 Å². The summed E-state index contributed by atoms with van der Waals surface area (Å²) in [6.07, 6.45) is -0.499. The van der Waals surface area contributed by atoms with E-state index < -0.39 is 11.7 Å². The molecule has 0 bridgehead atoms. The molecule has 0 aliphatic carbocycles. The number of phenols is 1. The second-order valence-corrected chi connectivity index (χ2v) is 6.34. The average molecular weight is 320 g/mol. The summed E-state index contributed by atoms with van der Waals surface area (Å²) < 4.78 is 5.19. The van der Waals surface area contributed by atoms with Gasteiger partial charge in [0.25, 0.3) is 0 Å². The number of amides is 1. The van der Waals surface area contributed by atoms with Crippen molar-refractivity contribution in [1.82, 2.24) is 0 Å². The van der Waals surface area contributed by atoms with Gasteiger partial charge in [-0.2, -0.15) is 0 Å². The average Bonchev–Trinajstić information content (AvgIpc) is 2.36. The van der Waals surface area contributed by atoms with Gasteiger partial charge < -0.3 is 9.84 Å². The number of hydrogen-bond donors (Lipinski definition) is 2. The van der Waals surface area contributed by atoms with Crippen molar-refractivity contribution in [2.45, 2.75) is 26.4 Å². The van der Waals surface area contributed by atoms with E-state index in [0.29, 0.717) is 10.7 Å². The minimum Gasteiger partial charge on any atom is -0.508 e. The van der Waals surface area contributed by atoms with Gasteiger partial charge in [0.1, 0.15) is 11.4 Å². The van der Waals surface area contributed by atoms with Crippen LogP contribution >= 0.6 is 11.6 Å². The molecule has 2 N–H and O–H groups in total. The molecule has 2 rings (SSSR count). The van der Waals surface area contributed by atoms with Crippen molar-refractivity contribution in [3.63, 3.8) is 0 Å². The van der Waals surface area contributed by atoms with Crippen molar-refractivity contribution in [1.29, 1.82) is 0 Å². The molecule has 2 aromatic rings. The van der Waals surface area contributed by atoms with E-state index in [1.807, 2.05) is 12.1 Å². The van der Waals surface area contributed by atoms with Gasteiger partial charge in [-0.15, -0.1) is 0 Å². The predicted octanol–water partition coefficient (Wildman–Crippen LogP) is 5.06. The SMILES string of the molecule is CC(C)(C)OC(=O)Nc1ccc(-c2cc(O)cc(Cl)c2)cc1. The highest BCUT2D eigenvalue weighted by Gasteiger charge is 2.16. The van der Waals surface area contributed by atoms with E-state index in [2.05, 4.69) is 5.32 Å². The van der Waals surface area contributed by atoms with Gasteiger partial charge >= 0.3 is 6.09 Å². The van der Waals surface area contributed by atoms with Crippen LogP contribution in [0, 0.1) is 0 Å². The molecular formula is C17H18ClNO3. The summed E-state index contributed by atoms with van der Waals surface area (Å²) in [5.74, 6) is 0.110. The van der Waals surface area contributed by atoms with Gasteiger partial charge in [0.2, 0.25) is 0 Å². The molecule has 0 spiro atoms. The zero-order valence-corrected chi connectivity index (χ0v) is 13.4. The maximum atomic E-state index is 11.7. The fraction of sp³-hybridized carbons (Fsp3) is 0.235. The van der Waals surface area contributed by atoms with Crippen LogP contribution in [-0.4, -0.2) is 16.8 Å². The molecule has 2 aromatic carbocycles. The quantitative estimate of drug-likeness (QED) is 0.813. The third-order valence-corrected chi connectivity index (χ3v) is 2.96. The fourth-order valence-electron chi connectivity index (χ4n) is 1.91. The van der Waals surface area contributed by atoms with Crippen molar-refractivity contribution in [2.24, 2.45) is 0 Å². The standard InChI is InChI=1S/C17H18ClNO3/c1-17(2,3)22-16(21)19-14-6-4-11(5-7-14)12-8-13(18)10-15(20)9-12/h4-10,20H,1-3H3,(H,19,21). The van der Waals surface area contributed by atoms with Gasteiger partial charge in [-0.25, -0.2) is 4.79 Å². The summed E-state index contributed by atoms with van der Waals surface area (Å²) in [7, 11) is 0. The van der Waals surface area contributed by atoms with E-state index in [1.165, 1.54) is 6.07 Å². The van der Waals surface area contributed by atoms with Crippen LogP contribution in [-0.2, 0) is 4.74 Å². The maximum absolute atomic E-state index is 11.7. The van der Waals surface area contributed by atoms with Crippen LogP contribution in [0.5, 0.6) is 5.75 Å². The molecule has 5 heteroatoms. The lowest BCUT2D eigenvalue weighted by Gasteiger charge is -2.19. The van der Waals surface area contributed by atoms with E-state index in [1.54, 1.807) is 45.0 Å². The summed E-state index contributed by atoms with van der Waals surface area (Å²) in [4.78, 5) is 11.7. The zero-order valence-electron chi connectivity index (χ0n) is 12.7. The van der Waals surface area contributed by atoms with Crippen LogP contribution in [0.1, 0.15) is 20.8 Å². The number of benzene rings is 2. The first-order valence-electron chi connectivity index (χ1n) is 6.83. The second-order valence-electron chi connectivity index (χ2n) is 5.90. The van der Waals surface area contributed by atoms with Crippen LogP contribution in [0.25, 0.3) is 11.1 Å². The first-order chi connectivity index (χ1) is 10.2. The zero-order chi connectivity index (χ0) is 16.3. The minimum absolute atomic E-state index is 0.110. The third-order valence-electron chi connectivity index (χ3n) is 2.75. The number of phenolic OH excluding ortho intramolecular Hbond substituents is 1. The van der Waals surface area contributed by atoms with Crippen molar-refractivity contribution >= 4 is 23.4 Å². The Kier molecular flexibility index (Phi) is 4.62. The number of ether oxygens (including phenoxy) is 1. The largest absolute Gasteiger partial charge is 0.508 e. The van der Waals surface area contributed by atoms with Crippen LogP contribution in [0.15, 0.2) is 42.5 Å². The lowest BCUT2D eigenvalue weighted by Crippen LogP contribution is -2.27. The van der Waals surface area contributed by atoms with Crippen LogP contribution in [0.4, 0.5) is 10.5 Å². The van der Waals surface area contributed by atoms with Crippen molar-refractivity contribution in [3.8, 4) is 16.9 Å². The predicted molar refractivity (Wildman–Crippen MR) is 88.4 cm³/mol. The molecule has 0 fully saturated rings. The van der Waals surface area contributed by atoms with E-state index in [9.17, 15) is 9.90 Å².